The molecule has 1 aromatic heterocycles. The van der Waals surface area contributed by atoms with Crippen LogP contribution < -0.4 is 5.73 Å². The van der Waals surface area contributed by atoms with Crippen molar-refractivity contribution < 1.29 is 13.2 Å². The van der Waals surface area contributed by atoms with E-state index < -0.39 is 17.3 Å². The van der Waals surface area contributed by atoms with E-state index in [0.717, 1.165) is 12.3 Å². The molecule has 20 heavy (non-hydrogen) atoms. The Morgan fingerprint density at radius 3 is 2.55 bits per heavy atom. The van der Waals surface area contributed by atoms with E-state index >= 15 is 0 Å². The molecule has 0 bridgehead atoms. The Labute approximate surface area is 120 Å². The number of thioether (sulfide) groups is 1. The smallest absolute Gasteiger partial charge is 0.313 e. The second kappa shape index (κ2) is 6.95. The van der Waals surface area contributed by atoms with Gasteiger partial charge in [0.15, 0.2) is 0 Å². The molecule has 0 spiro atoms. The summed E-state index contributed by atoms with van der Waals surface area (Å²) in [6, 6.07) is 4.45. The summed E-state index contributed by atoms with van der Waals surface area (Å²) in [4.78, 5) is 3.77. The summed E-state index contributed by atoms with van der Waals surface area (Å²) in [5.74, 6) is 0.666. The number of aromatic nitrogens is 1. The molecule has 1 rings (SSSR count). The Morgan fingerprint density at radius 2 is 2.10 bits per heavy atom. The number of nitriles is 1. The number of hydrogen-bond donors (Lipinski definition) is 1. The highest BCUT2D eigenvalue weighted by atomic mass is 32.2. The van der Waals surface area contributed by atoms with Crippen molar-refractivity contribution in [3.63, 3.8) is 0 Å². The van der Waals surface area contributed by atoms with Gasteiger partial charge >= 0.3 is 6.18 Å². The minimum Gasteiger partial charge on any atom is -0.313 e. The van der Waals surface area contributed by atoms with Crippen LogP contribution in [0.3, 0.4) is 0 Å². The second-order valence-electron chi connectivity index (χ2n) is 4.46. The number of alkyl halides is 3. The van der Waals surface area contributed by atoms with Crippen molar-refractivity contribution >= 4 is 11.8 Å². The van der Waals surface area contributed by atoms with Crippen LogP contribution in [0.1, 0.15) is 31.7 Å². The summed E-state index contributed by atoms with van der Waals surface area (Å²) in [6.07, 6.45) is -1.67. The van der Waals surface area contributed by atoms with Crippen LogP contribution in [0.25, 0.3) is 0 Å². The quantitative estimate of drug-likeness (QED) is 0.644. The van der Waals surface area contributed by atoms with E-state index in [9.17, 15) is 13.2 Å². The highest BCUT2D eigenvalue weighted by Gasteiger charge is 2.30. The Morgan fingerprint density at radius 1 is 1.40 bits per heavy atom. The first-order chi connectivity index (χ1) is 9.30. The zero-order chi connectivity index (χ0) is 15.2. The maximum Gasteiger partial charge on any atom is 0.417 e. The molecule has 3 nitrogen and oxygen atoms in total. The lowest BCUT2D eigenvalue weighted by atomic mass is 9.94. The molecule has 7 heteroatoms. The van der Waals surface area contributed by atoms with Gasteiger partial charge in [0.2, 0.25) is 0 Å². The molecule has 0 fully saturated rings. The third-order valence-electron chi connectivity index (χ3n) is 2.93. The minimum atomic E-state index is -4.36. The molecule has 0 amide bonds. The lowest BCUT2D eigenvalue weighted by Gasteiger charge is -2.18. The van der Waals surface area contributed by atoms with Gasteiger partial charge in [-0.3, -0.25) is 0 Å². The van der Waals surface area contributed by atoms with Crippen molar-refractivity contribution in [2.24, 2.45) is 5.73 Å². The monoisotopic (exact) mass is 303 g/mol. The Bertz CT molecular complexity index is 467. The number of pyridine rings is 1. The first kappa shape index (κ1) is 16.8. The molecule has 1 aromatic rings. The summed E-state index contributed by atoms with van der Waals surface area (Å²) in [6.45, 7) is 1.85. The van der Waals surface area contributed by atoms with Gasteiger partial charge in [0.25, 0.3) is 0 Å². The lowest BCUT2D eigenvalue weighted by molar-refractivity contribution is -0.137. The van der Waals surface area contributed by atoms with E-state index in [1.165, 1.54) is 17.8 Å². The third kappa shape index (κ3) is 5.02. The van der Waals surface area contributed by atoms with Gasteiger partial charge in [-0.2, -0.15) is 18.4 Å². The Hall–Kier alpha value is -1.26. The summed E-state index contributed by atoms with van der Waals surface area (Å²) in [5.41, 5.74) is 4.27. The number of halogens is 3. The van der Waals surface area contributed by atoms with Gasteiger partial charge in [0.1, 0.15) is 5.54 Å². The lowest BCUT2D eigenvalue weighted by Crippen LogP contribution is -2.37. The van der Waals surface area contributed by atoms with Crippen molar-refractivity contribution in [1.82, 2.24) is 4.98 Å². The largest absolute Gasteiger partial charge is 0.417 e. The Balaban J connectivity index is 2.42. The number of nitrogens with two attached hydrogens (primary N) is 1. The standard InChI is InChI=1S/C13H16F3N3S/c1-2-12(18,9-17)6-3-7-20-11-5-4-10(8-19-11)13(14,15)16/h4-5,8H,2-3,6-7,18H2,1H3. The molecular weight excluding hydrogens is 287 g/mol. The van der Waals surface area contributed by atoms with Gasteiger partial charge in [0.05, 0.1) is 16.7 Å². The molecule has 110 valence electrons. The van der Waals surface area contributed by atoms with Crippen LogP contribution in [0.5, 0.6) is 0 Å². The van der Waals surface area contributed by atoms with E-state index in [-0.39, 0.29) is 0 Å². The summed E-state index contributed by atoms with van der Waals surface area (Å²) < 4.78 is 37.0. The highest BCUT2D eigenvalue weighted by molar-refractivity contribution is 7.99. The van der Waals surface area contributed by atoms with Gasteiger partial charge in [-0.15, -0.1) is 11.8 Å². The molecule has 2 N–H and O–H groups in total. The molecular formula is C13H16F3N3S. The molecule has 1 heterocycles. The predicted molar refractivity (Wildman–Crippen MR) is 72.0 cm³/mol. The van der Waals surface area contributed by atoms with Gasteiger partial charge in [-0.1, -0.05) is 6.92 Å². The minimum absolute atomic E-state index is 0.536. The van der Waals surface area contributed by atoms with Crippen molar-refractivity contribution in [1.29, 1.82) is 5.26 Å². The van der Waals surface area contributed by atoms with Crippen molar-refractivity contribution in [3.8, 4) is 6.07 Å². The number of nitrogens with zero attached hydrogens (tertiary/aromatic N) is 2. The zero-order valence-corrected chi connectivity index (χ0v) is 11.9. The average molecular weight is 303 g/mol. The zero-order valence-electron chi connectivity index (χ0n) is 11.1. The van der Waals surface area contributed by atoms with Crippen LogP contribution in [-0.2, 0) is 6.18 Å². The first-order valence-electron chi connectivity index (χ1n) is 6.17. The summed E-state index contributed by atoms with van der Waals surface area (Å²) >= 11 is 1.36. The molecule has 0 aliphatic carbocycles. The molecule has 0 radical (unpaired) electrons. The maximum atomic E-state index is 12.3. The van der Waals surface area contributed by atoms with E-state index in [4.69, 9.17) is 11.0 Å². The third-order valence-corrected chi connectivity index (χ3v) is 3.96. The van der Waals surface area contributed by atoms with E-state index in [1.54, 1.807) is 0 Å². The molecule has 0 aliphatic heterocycles. The van der Waals surface area contributed by atoms with E-state index in [2.05, 4.69) is 11.1 Å². The molecule has 1 atom stereocenters. The van der Waals surface area contributed by atoms with Gasteiger partial charge in [-0.05, 0) is 37.1 Å². The predicted octanol–water partition coefficient (Wildman–Crippen LogP) is 3.60. The van der Waals surface area contributed by atoms with Gasteiger partial charge < -0.3 is 5.73 Å². The van der Waals surface area contributed by atoms with E-state index in [0.29, 0.717) is 30.0 Å². The molecule has 0 saturated carbocycles. The molecule has 0 aromatic carbocycles. The van der Waals surface area contributed by atoms with Crippen LogP contribution >= 0.6 is 11.8 Å². The van der Waals surface area contributed by atoms with Gasteiger partial charge in [0, 0.05) is 6.20 Å². The first-order valence-corrected chi connectivity index (χ1v) is 7.15. The van der Waals surface area contributed by atoms with Crippen LogP contribution in [-0.4, -0.2) is 16.3 Å². The summed E-state index contributed by atoms with van der Waals surface area (Å²) in [7, 11) is 0. The molecule has 0 aliphatic rings. The second-order valence-corrected chi connectivity index (χ2v) is 5.57. The van der Waals surface area contributed by atoms with Crippen LogP contribution in [0.4, 0.5) is 13.2 Å². The van der Waals surface area contributed by atoms with E-state index in [1.807, 2.05) is 6.92 Å². The summed E-state index contributed by atoms with van der Waals surface area (Å²) in [5, 5.41) is 9.44. The van der Waals surface area contributed by atoms with Crippen LogP contribution in [0, 0.1) is 11.3 Å². The topological polar surface area (TPSA) is 62.7 Å². The van der Waals surface area contributed by atoms with Gasteiger partial charge in [-0.25, -0.2) is 4.98 Å². The van der Waals surface area contributed by atoms with Crippen molar-refractivity contribution in [3.05, 3.63) is 23.9 Å². The SMILES string of the molecule is CCC(N)(C#N)CCCSc1ccc(C(F)(F)F)cn1. The maximum absolute atomic E-state index is 12.3. The number of rotatable bonds is 6. The fourth-order valence-corrected chi connectivity index (χ4v) is 2.30. The van der Waals surface area contributed by atoms with Crippen molar-refractivity contribution in [2.45, 2.75) is 42.9 Å². The number of hydrogen-bond acceptors (Lipinski definition) is 4. The van der Waals surface area contributed by atoms with Crippen LogP contribution in [0.15, 0.2) is 23.4 Å². The molecule has 1 unspecified atom stereocenters. The Kier molecular flexibility index (Phi) is 5.84. The average Bonchev–Trinajstić information content (AvgIpc) is 2.43. The molecule has 0 saturated heterocycles. The highest BCUT2D eigenvalue weighted by Crippen LogP contribution is 2.29. The fraction of sp³-hybridized carbons (Fsp3) is 0.538. The van der Waals surface area contributed by atoms with Crippen molar-refractivity contribution in [2.75, 3.05) is 5.75 Å². The fourth-order valence-electron chi connectivity index (χ4n) is 1.51. The van der Waals surface area contributed by atoms with Crippen LogP contribution in [0.2, 0.25) is 0 Å². The normalized spacial score (nSPS) is 14.6.